The van der Waals surface area contributed by atoms with E-state index in [2.05, 4.69) is 0 Å². The zero-order valence-electron chi connectivity index (χ0n) is 10.9. The van der Waals surface area contributed by atoms with Crippen molar-refractivity contribution in [3.8, 4) is 0 Å². The van der Waals surface area contributed by atoms with Gasteiger partial charge in [0, 0.05) is 26.2 Å². The molecule has 6 nitrogen and oxygen atoms in total. The Hall–Kier alpha value is -0.240. The molecule has 1 unspecified atom stereocenters. The van der Waals surface area contributed by atoms with Gasteiger partial charge < -0.3 is 20.4 Å². The first-order valence-corrected chi connectivity index (χ1v) is 6.63. The Labute approximate surface area is 107 Å². The Morgan fingerprint density at radius 1 is 1.28 bits per heavy atom. The molecule has 0 spiro atoms. The van der Waals surface area contributed by atoms with Gasteiger partial charge in [0.25, 0.3) is 0 Å². The van der Waals surface area contributed by atoms with Gasteiger partial charge in [0.05, 0.1) is 18.2 Å². The molecule has 2 aliphatic rings. The topological polar surface area (TPSA) is 87.4 Å². The van der Waals surface area contributed by atoms with E-state index in [-0.39, 0.29) is 13.2 Å². The van der Waals surface area contributed by atoms with Crippen molar-refractivity contribution in [3.63, 3.8) is 0 Å². The molecule has 2 saturated heterocycles. The summed E-state index contributed by atoms with van der Waals surface area (Å²) in [7, 11) is 0. The highest BCUT2D eigenvalue weighted by Crippen LogP contribution is 2.30. The first-order valence-electron chi connectivity index (χ1n) is 6.63. The molecule has 2 rings (SSSR count). The number of hydrogen-bond acceptors (Lipinski definition) is 6. The maximum absolute atomic E-state index is 10.1. The van der Waals surface area contributed by atoms with Gasteiger partial charge in [-0.25, -0.2) is 0 Å². The molecule has 0 aromatic heterocycles. The standard InChI is InChI=1S/C12H24N2O4/c1-12(8-15)11(18)9(16)6-14(12)7-10(17)13-4-2-3-5-13/h9-11,15-18H,2-8H2,1H3/t9-,10?,11-,12+/m1/s1. The Morgan fingerprint density at radius 2 is 1.89 bits per heavy atom. The molecule has 0 aromatic rings. The van der Waals surface area contributed by atoms with E-state index in [9.17, 15) is 20.4 Å². The van der Waals surface area contributed by atoms with Crippen molar-refractivity contribution in [2.24, 2.45) is 0 Å². The maximum Gasteiger partial charge on any atom is 0.120 e. The fraction of sp³-hybridized carbons (Fsp3) is 1.00. The van der Waals surface area contributed by atoms with Crippen LogP contribution in [0.3, 0.4) is 0 Å². The van der Waals surface area contributed by atoms with E-state index in [0.29, 0.717) is 6.54 Å². The summed E-state index contributed by atoms with van der Waals surface area (Å²) < 4.78 is 0. The van der Waals surface area contributed by atoms with Crippen LogP contribution in [0.15, 0.2) is 0 Å². The highest BCUT2D eigenvalue weighted by Gasteiger charge is 2.49. The van der Waals surface area contributed by atoms with Crippen LogP contribution < -0.4 is 0 Å². The average molecular weight is 260 g/mol. The van der Waals surface area contributed by atoms with E-state index >= 15 is 0 Å². The number of β-amino-alcohol motifs (C(OH)–C–C–N with tert-alkyl or cyclic N) is 2. The van der Waals surface area contributed by atoms with Gasteiger partial charge in [0.2, 0.25) is 0 Å². The smallest absolute Gasteiger partial charge is 0.120 e. The molecule has 0 bridgehead atoms. The van der Waals surface area contributed by atoms with E-state index in [0.717, 1.165) is 25.9 Å². The second kappa shape index (κ2) is 5.40. The lowest BCUT2D eigenvalue weighted by molar-refractivity contribution is -0.0600. The molecule has 0 aliphatic carbocycles. The summed E-state index contributed by atoms with van der Waals surface area (Å²) >= 11 is 0. The minimum absolute atomic E-state index is 0.238. The Kier molecular flexibility index (Phi) is 4.25. The van der Waals surface area contributed by atoms with Gasteiger partial charge in [-0.15, -0.1) is 0 Å². The van der Waals surface area contributed by atoms with Crippen LogP contribution in [-0.2, 0) is 0 Å². The second-order valence-corrected chi connectivity index (χ2v) is 5.66. The second-order valence-electron chi connectivity index (χ2n) is 5.66. The number of aliphatic hydroxyl groups is 4. The van der Waals surface area contributed by atoms with Crippen molar-refractivity contribution in [1.29, 1.82) is 0 Å². The fourth-order valence-electron chi connectivity index (χ4n) is 2.96. The Balaban J connectivity index is 1.99. The lowest BCUT2D eigenvalue weighted by Crippen LogP contribution is -2.55. The van der Waals surface area contributed by atoms with Gasteiger partial charge in [-0.3, -0.25) is 9.80 Å². The van der Waals surface area contributed by atoms with E-state index in [1.54, 1.807) is 11.8 Å². The zero-order chi connectivity index (χ0) is 13.3. The number of nitrogens with zero attached hydrogens (tertiary/aromatic N) is 2. The van der Waals surface area contributed by atoms with Gasteiger partial charge in [0.1, 0.15) is 12.3 Å². The summed E-state index contributed by atoms with van der Waals surface area (Å²) in [6.07, 6.45) is -0.254. The average Bonchev–Trinajstić information content (AvgIpc) is 2.95. The molecule has 2 fully saturated rings. The molecule has 4 N–H and O–H groups in total. The molecule has 2 heterocycles. The molecule has 0 saturated carbocycles. The zero-order valence-corrected chi connectivity index (χ0v) is 10.9. The van der Waals surface area contributed by atoms with Gasteiger partial charge >= 0.3 is 0 Å². The van der Waals surface area contributed by atoms with Crippen LogP contribution in [0.5, 0.6) is 0 Å². The van der Waals surface area contributed by atoms with Gasteiger partial charge in [-0.05, 0) is 19.8 Å². The van der Waals surface area contributed by atoms with Crippen molar-refractivity contribution in [3.05, 3.63) is 0 Å². The largest absolute Gasteiger partial charge is 0.394 e. The predicted molar refractivity (Wildman–Crippen MR) is 65.9 cm³/mol. The van der Waals surface area contributed by atoms with Gasteiger partial charge in [-0.2, -0.15) is 0 Å². The van der Waals surface area contributed by atoms with Crippen molar-refractivity contribution >= 4 is 0 Å². The summed E-state index contributed by atoms with van der Waals surface area (Å²) in [5, 5.41) is 39.2. The van der Waals surface area contributed by atoms with Crippen molar-refractivity contribution < 1.29 is 20.4 Å². The third-order valence-electron chi connectivity index (χ3n) is 4.40. The maximum atomic E-state index is 10.1. The molecule has 0 aromatic carbocycles. The minimum Gasteiger partial charge on any atom is -0.394 e. The van der Waals surface area contributed by atoms with E-state index < -0.39 is 24.0 Å². The summed E-state index contributed by atoms with van der Waals surface area (Å²) in [4.78, 5) is 3.78. The van der Waals surface area contributed by atoms with Crippen LogP contribution in [0, 0.1) is 0 Å². The van der Waals surface area contributed by atoms with E-state index in [1.165, 1.54) is 0 Å². The predicted octanol–water partition coefficient (Wildman–Crippen LogP) is -1.81. The SMILES string of the molecule is C[C@]1(CO)[C@H](O)[C@H](O)CN1CC(O)N1CCCC1. The van der Waals surface area contributed by atoms with E-state index in [4.69, 9.17) is 0 Å². The van der Waals surface area contributed by atoms with Crippen molar-refractivity contribution in [2.75, 3.05) is 32.8 Å². The molecular formula is C12H24N2O4. The van der Waals surface area contributed by atoms with Crippen molar-refractivity contribution in [1.82, 2.24) is 9.80 Å². The molecule has 106 valence electrons. The monoisotopic (exact) mass is 260 g/mol. The molecular weight excluding hydrogens is 236 g/mol. The third-order valence-corrected chi connectivity index (χ3v) is 4.40. The Morgan fingerprint density at radius 3 is 2.44 bits per heavy atom. The number of likely N-dealkylation sites (tertiary alicyclic amines) is 2. The first-order chi connectivity index (χ1) is 8.49. The van der Waals surface area contributed by atoms with Gasteiger partial charge in [0.15, 0.2) is 0 Å². The number of rotatable bonds is 4. The highest BCUT2D eigenvalue weighted by atomic mass is 16.3. The van der Waals surface area contributed by atoms with Crippen LogP contribution >= 0.6 is 0 Å². The quantitative estimate of drug-likeness (QED) is 0.476. The highest BCUT2D eigenvalue weighted by molar-refractivity contribution is 5.04. The van der Waals surface area contributed by atoms with Crippen molar-refractivity contribution in [2.45, 2.75) is 43.7 Å². The van der Waals surface area contributed by atoms with Crippen LogP contribution in [0.4, 0.5) is 0 Å². The van der Waals surface area contributed by atoms with Crippen LogP contribution in [-0.4, -0.2) is 87.0 Å². The lowest BCUT2D eigenvalue weighted by Gasteiger charge is -2.38. The summed E-state index contributed by atoms with van der Waals surface area (Å²) in [5.41, 5.74) is -0.875. The minimum atomic E-state index is -0.978. The van der Waals surface area contributed by atoms with Crippen LogP contribution in [0.2, 0.25) is 0 Å². The summed E-state index contributed by atoms with van der Waals surface area (Å²) in [5.74, 6) is 0. The Bertz CT molecular complexity index is 285. The first kappa shape index (κ1) is 14.2. The summed E-state index contributed by atoms with van der Waals surface area (Å²) in [6.45, 7) is 3.86. The molecule has 6 heteroatoms. The molecule has 18 heavy (non-hydrogen) atoms. The van der Waals surface area contributed by atoms with Gasteiger partial charge in [-0.1, -0.05) is 0 Å². The lowest BCUT2D eigenvalue weighted by atomic mass is 9.96. The van der Waals surface area contributed by atoms with E-state index in [1.807, 2.05) is 4.90 Å². The third kappa shape index (κ3) is 2.41. The normalized spacial score (nSPS) is 40.5. The molecule has 0 radical (unpaired) electrons. The summed E-state index contributed by atoms with van der Waals surface area (Å²) in [6, 6.07) is 0. The molecule has 2 aliphatic heterocycles. The molecule has 0 amide bonds. The van der Waals surface area contributed by atoms with Crippen LogP contribution in [0.25, 0.3) is 0 Å². The van der Waals surface area contributed by atoms with Crippen LogP contribution in [0.1, 0.15) is 19.8 Å². The number of aliphatic hydroxyl groups excluding tert-OH is 4. The fourth-order valence-corrected chi connectivity index (χ4v) is 2.96. The number of hydrogen-bond donors (Lipinski definition) is 4. The molecule has 4 atom stereocenters.